The van der Waals surface area contributed by atoms with Gasteiger partial charge in [0.05, 0.1) is 0 Å². The number of nitrogens with zero attached hydrogens (tertiary/aromatic N) is 1. The highest BCUT2D eigenvalue weighted by Gasteiger charge is 1.98. The number of hydrogen-bond acceptors (Lipinski definition) is 3. The lowest BCUT2D eigenvalue weighted by Crippen LogP contribution is -2.08. The maximum Gasteiger partial charge on any atom is 0.221 e. The van der Waals surface area contributed by atoms with Gasteiger partial charge in [-0.3, -0.25) is 9.78 Å². The Morgan fingerprint density at radius 1 is 1.21 bits per heavy atom. The largest absolute Gasteiger partial charge is 0.385 e. The number of carbonyl (C=O) groups excluding carboxylic acids is 1. The van der Waals surface area contributed by atoms with Gasteiger partial charge in [-0.2, -0.15) is 0 Å². The fourth-order valence-corrected chi connectivity index (χ4v) is 1.81. The van der Waals surface area contributed by atoms with E-state index in [4.69, 9.17) is 0 Å². The minimum atomic E-state index is -0.0625. The van der Waals surface area contributed by atoms with Gasteiger partial charge >= 0.3 is 0 Å². The van der Waals surface area contributed by atoms with E-state index in [-0.39, 0.29) is 5.91 Å². The quantitative estimate of drug-likeness (QED) is 0.863. The molecule has 98 valence electrons. The Kier molecular flexibility index (Phi) is 4.50. The van der Waals surface area contributed by atoms with Crippen LogP contribution >= 0.6 is 0 Å². The molecule has 0 spiro atoms. The van der Waals surface area contributed by atoms with Gasteiger partial charge < -0.3 is 10.6 Å². The van der Waals surface area contributed by atoms with E-state index in [1.54, 1.807) is 6.20 Å². The Morgan fingerprint density at radius 3 is 2.79 bits per heavy atom. The third-order valence-electron chi connectivity index (χ3n) is 2.65. The first kappa shape index (κ1) is 13.1. The van der Waals surface area contributed by atoms with E-state index < -0.39 is 0 Å². The smallest absolute Gasteiger partial charge is 0.221 e. The van der Waals surface area contributed by atoms with Crippen molar-refractivity contribution in [1.29, 1.82) is 0 Å². The zero-order chi connectivity index (χ0) is 13.5. The lowest BCUT2D eigenvalue weighted by atomic mass is 10.2. The highest BCUT2D eigenvalue weighted by atomic mass is 16.1. The fraction of sp³-hybridized carbons (Fsp3) is 0.200. The van der Waals surface area contributed by atoms with Crippen molar-refractivity contribution in [3.63, 3.8) is 0 Å². The summed E-state index contributed by atoms with van der Waals surface area (Å²) in [5.41, 5.74) is 3.00. The number of nitrogens with one attached hydrogen (secondary N) is 2. The van der Waals surface area contributed by atoms with Crippen LogP contribution < -0.4 is 10.6 Å². The first-order valence-electron chi connectivity index (χ1n) is 6.24. The molecule has 1 amide bonds. The van der Waals surface area contributed by atoms with E-state index in [0.29, 0.717) is 0 Å². The SMILES string of the molecule is CC(=O)Nc1cccc(NCCc2cccnc2)c1. The first-order chi connectivity index (χ1) is 9.24. The van der Waals surface area contributed by atoms with Gasteiger partial charge in [-0.1, -0.05) is 12.1 Å². The standard InChI is InChI=1S/C15H17N3O/c1-12(19)18-15-6-2-5-14(10-15)17-9-7-13-4-3-8-16-11-13/h2-6,8,10-11,17H,7,9H2,1H3,(H,18,19). The summed E-state index contributed by atoms with van der Waals surface area (Å²) >= 11 is 0. The Balaban J connectivity index is 1.87. The van der Waals surface area contributed by atoms with Crippen molar-refractivity contribution in [1.82, 2.24) is 4.98 Å². The average Bonchev–Trinajstić information content (AvgIpc) is 2.40. The summed E-state index contributed by atoms with van der Waals surface area (Å²) in [6, 6.07) is 11.7. The molecule has 0 atom stereocenters. The molecule has 2 aromatic rings. The second-order valence-electron chi connectivity index (χ2n) is 4.30. The molecule has 1 aromatic carbocycles. The summed E-state index contributed by atoms with van der Waals surface area (Å²) < 4.78 is 0. The van der Waals surface area contributed by atoms with Crippen molar-refractivity contribution in [3.8, 4) is 0 Å². The molecular weight excluding hydrogens is 238 g/mol. The van der Waals surface area contributed by atoms with Gasteiger partial charge in [0.25, 0.3) is 0 Å². The molecule has 1 heterocycles. The van der Waals surface area contributed by atoms with Crippen LogP contribution in [0.5, 0.6) is 0 Å². The first-order valence-corrected chi connectivity index (χ1v) is 6.24. The average molecular weight is 255 g/mol. The van der Waals surface area contributed by atoms with Gasteiger partial charge in [-0.25, -0.2) is 0 Å². The highest BCUT2D eigenvalue weighted by Crippen LogP contribution is 2.15. The van der Waals surface area contributed by atoms with Crippen LogP contribution in [0.25, 0.3) is 0 Å². The number of amides is 1. The van der Waals surface area contributed by atoms with Crippen molar-refractivity contribution in [2.45, 2.75) is 13.3 Å². The van der Waals surface area contributed by atoms with E-state index in [0.717, 1.165) is 24.3 Å². The summed E-state index contributed by atoms with van der Waals surface area (Å²) in [4.78, 5) is 15.1. The minimum Gasteiger partial charge on any atom is -0.385 e. The highest BCUT2D eigenvalue weighted by molar-refractivity contribution is 5.89. The summed E-state index contributed by atoms with van der Waals surface area (Å²) in [7, 11) is 0. The van der Waals surface area contributed by atoms with Crippen LogP contribution in [-0.4, -0.2) is 17.4 Å². The molecule has 0 aliphatic rings. The molecule has 0 fully saturated rings. The summed E-state index contributed by atoms with van der Waals surface area (Å²) in [6.07, 6.45) is 4.56. The van der Waals surface area contributed by atoms with E-state index in [2.05, 4.69) is 21.7 Å². The fourth-order valence-electron chi connectivity index (χ4n) is 1.81. The number of aromatic nitrogens is 1. The van der Waals surface area contributed by atoms with E-state index >= 15 is 0 Å². The van der Waals surface area contributed by atoms with Crippen molar-refractivity contribution < 1.29 is 4.79 Å². The number of hydrogen-bond donors (Lipinski definition) is 2. The Hall–Kier alpha value is -2.36. The van der Waals surface area contributed by atoms with Crippen molar-refractivity contribution in [2.75, 3.05) is 17.2 Å². The molecule has 4 heteroatoms. The van der Waals surface area contributed by atoms with E-state index in [9.17, 15) is 4.79 Å². The molecule has 0 radical (unpaired) electrons. The molecule has 0 aliphatic carbocycles. The van der Waals surface area contributed by atoms with Gasteiger partial charge in [0.1, 0.15) is 0 Å². The number of anilines is 2. The molecule has 0 unspecified atom stereocenters. The van der Waals surface area contributed by atoms with Crippen LogP contribution in [0.3, 0.4) is 0 Å². The third kappa shape index (κ3) is 4.43. The van der Waals surface area contributed by atoms with Gasteiger partial charge in [-0.05, 0) is 36.2 Å². The molecule has 0 aliphatic heterocycles. The summed E-state index contributed by atoms with van der Waals surface area (Å²) in [5, 5.41) is 6.09. The van der Waals surface area contributed by atoms with E-state index in [1.165, 1.54) is 12.5 Å². The molecule has 2 N–H and O–H groups in total. The van der Waals surface area contributed by atoms with Crippen molar-refractivity contribution in [2.24, 2.45) is 0 Å². The number of carbonyl (C=O) groups is 1. The third-order valence-corrected chi connectivity index (χ3v) is 2.65. The molecule has 0 saturated heterocycles. The molecule has 1 aromatic heterocycles. The van der Waals surface area contributed by atoms with Crippen molar-refractivity contribution >= 4 is 17.3 Å². The lowest BCUT2D eigenvalue weighted by molar-refractivity contribution is -0.114. The molecule has 0 saturated carbocycles. The van der Waals surface area contributed by atoms with Gasteiger partial charge in [0.2, 0.25) is 5.91 Å². The lowest BCUT2D eigenvalue weighted by Gasteiger charge is -2.08. The summed E-state index contributed by atoms with van der Waals surface area (Å²) in [6.45, 7) is 2.33. The monoisotopic (exact) mass is 255 g/mol. The van der Waals surface area contributed by atoms with Gasteiger partial charge in [-0.15, -0.1) is 0 Å². The zero-order valence-electron chi connectivity index (χ0n) is 10.9. The van der Waals surface area contributed by atoms with Crippen molar-refractivity contribution in [3.05, 3.63) is 54.4 Å². The second-order valence-corrected chi connectivity index (χ2v) is 4.30. The Labute approximate surface area is 112 Å². The predicted octanol–water partition coefficient (Wildman–Crippen LogP) is 2.69. The second kappa shape index (κ2) is 6.54. The maximum absolute atomic E-state index is 11.0. The Morgan fingerprint density at radius 2 is 2.05 bits per heavy atom. The minimum absolute atomic E-state index is 0.0625. The van der Waals surface area contributed by atoms with Crippen LogP contribution in [-0.2, 0) is 11.2 Å². The van der Waals surface area contributed by atoms with Gasteiger partial charge in [0, 0.05) is 37.2 Å². The number of pyridine rings is 1. The zero-order valence-corrected chi connectivity index (χ0v) is 10.9. The molecular formula is C15H17N3O. The predicted molar refractivity (Wildman–Crippen MR) is 77.2 cm³/mol. The van der Waals surface area contributed by atoms with Crippen LogP contribution in [0.2, 0.25) is 0 Å². The number of benzene rings is 1. The maximum atomic E-state index is 11.0. The normalized spacial score (nSPS) is 9.95. The van der Waals surface area contributed by atoms with E-state index in [1.807, 2.05) is 36.5 Å². The molecule has 2 rings (SSSR count). The molecule has 0 bridgehead atoms. The molecule has 19 heavy (non-hydrogen) atoms. The topological polar surface area (TPSA) is 54.0 Å². The van der Waals surface area contributed by atoms with Crippen LogP contribution in [0.15, 0.2) is 48.8 Å². The number of rotatable bonds is 5. The summed E-state index contributed by atoms with van der Waals surface area (Å²) in [5.74, 6) is -0.0625. The van der Waals surface area contributed by atoms with Gasteiger partial charge in [0.15, 0.2) is 0 Å². The van der Waals surface area contributed by atoms with Crippen LogP contribution in [0, 0.1) is 0 Å². The molecule has 4 nitrogen and oxygen atoms in total. The Bertz CT molecular complexity index is 540. The van der Waals surface area contributed by atoms with Crippen LogP contribution in [0.4, 0.5) is 11.4 Å². The van der Waals surface area contributed by atoms with Crippen LogP contribution in [0.1, 0.15) is 12.5 Å².